The summed E-state index contributed by atoms with van der Waals surface area (Å²) in [5.74, 6) is 0.618. The van der Waals surface area contributed by atoms with Crippen LogP contribution in [0.3, 0.4) is 0 Å². The second-order valence-electron chi connectivity index (χ2n) is 6.20. The zero-order valence-electron chi connectivity index (χ0n) is 13.2. The summed E-state index contributed by atoms with van der Waals surface area (Å²) in [4.78, 5) is 20.8. The highest BCUT2D eigenvalue weighted by Gasteiger charge is 2.30. The number of amides is 1. The molecule has 0 radical (unpaired) electrons. The number of piperazine rings is 1. The van der Waals surface area contributed by atoms with E-state index in [1.807, 2.05) is 11.9 Å². The van der Waals surface area contributed by atoms with Gasteiger partial charge in [0.2, 0.25) is 0 Å². The van der Waals surface area contributed by atoms with Gasteiger partial charge in [0.25, 0.3) is 5.91 Å². The molecule has 1 fully saturated rings. The summed E-state index contributed by atoms with van der Waals surface area (Å²) in [7, 11) is 1.83. The number of carbonyl (C=O) groups is 1. The van der Waals surface area contributed by atoms with Crippen molar-refractivity contribution in [3.63, 3.8) is 0 Å². The molecule has 21 heavy (non-hydrogen) atoms. The quantitative estimate of drug-likeness (QED) is 0.863. The van der Waals surface area contributed by atoms with Gasteiger partial charge in [-0.15, -0.1) is 0 Å². The third-order valence-electron chi connectivity index (χ3n) is 3.99. The average molecular weight is 294 g/mol. The molecule has 0 saturated carbocycles. The predicted octanol–water partition coefficient (Wildman–Crippen LogP) is 0.585. The fraction of sp³-hybridized carbons (Fsp3) is 0.733. The Labute approximate surface area is 126 Å². The Morgan fingerprint density at radius 3 is 2.81 bits per heavy atom. The van der Waals surface area contributed by atoms with Crippen molar-refractivity contribution in [2.24, 2.45) is 13.0 Å². The molecule has 1 amide bonds. The minimum atomic E-state index is 0.0298. The number of hydrogen-bond acceptors (Lipinski definition) is 4. The Kier molecular flexibility index (Phi) is 5.36. The van der Waals surface area contributed by atoms with Gasteiger partial charge < -0.3 is 14.6 Å². The van der Waals surface area contributed by atoms with E-state index >= 15 is 0 Å². The second kappa shape index (κ2) is 7.04. The Morgan fingerprint density at radius 1 is 1.48 bits per heavy atom. The minimum Gasteiger partial charge on any atom is -0.396 e. The van der Waals surface area contributed by atoms with Gasteiger partial charge >= 0.3 is 0 Å². The molecule has 1 aliphatic heterocycles. The van der Waals surface area contributed by atoms with Crippen LogP contribution < -0.4 is 0 Å². The van der Waals surface area contributed by atoms with Crippen LogP contribution >= 0.6 is 0 Å². The van der Waals surface area contributed by atoms with Crippen LogP contribution in [0, 0.1) is 5.92 Å². The van der Waals surface area contributed by atoms with Crippen LogP contribution in [0.4, 0.5) is 0 Å². The molecular weight excluding hydrogens is 268 g/mol. The molecule has 1 aliphatic rings. The molecule has 1 aromatic rings. The number of aryl methyl sites for hydroxylation is 1. The number of aromatic nitrogens is 2. The molecule has 0 aromatic carbocycles. The predicted molar refractivity (Wildman–Crippen MR) is 81.0 cm³/mol. The number of nitrogens with zero attached hydrogens (tertiary/aromatic N) is 4. The highest BCUT2D eigenvalue weighted by Crippen LogP contribution is 2.17. The molecule has 6 heteroatoms. The first-order valence-electron chi connectivity index (χ1n) is 7.63. The van der Waals surface area contributed by atoms with Crippen LogP contribution in [0.25, 0.3) is 0 Å². The topological polar surface area (TPSA) is 61.6 Å². The van der Waals surface area contributed by atoms with Crippen LogP contribution in [-0.2, 0) is 7.05 Å². The fourth-order valence-corrected chi connectivity index (χ4v) is 2.93. The van der Waals surface area contributed by atoms with Crippen molar-refractivity contribution in [3.05, 3.63) is 18.2 Å². The minimum absolute atomic E-state index is 0.0298. The number of hydrogen-bond donors (Lipinski definition) is 1. The van der Waals surface area contributed by atoms with Crippen molar-refractivity contribution in [2.45, 2.75) is 26.3 Å². The SMILES string of the molecule is CC(C)CN1CCN(C(=O)c2cncn2C)CC1CCO. The highest BCUT2D eigenvalue weighted by molar-refractivity contribution is 5.92. The monoisotopic (exact) mass is 294 g/mol. The van der Waals surface area contributed by atoms with E-state index in [1.165, 1.54) is 0 Å². The van der Waals surface area contributed by atoms with Gasteiger partial charge in [-0.05, 0) is 12.3 Å². The van der Waals surface area contributed by atoms with E-state index in [2.05, 4.69) is 23.7 Å². The molecule has 0 spiro atoms. The largest absolute Gasteiger partial charge is 0.396 e. The van der Waals surface area contributed by atoms with E-state index in [1.54, 1.807) is 17.1 Å². The first-order valence-corrected chi connectivity index (χ1v) is 7.63. The van der Waals surface area contributed by atoms with Crippen LogP contribution in [0.15, 0.2) is 12.5 Å². The molecule has 1 N–H and O–H groups in total. The van der Waals surface area contributed by atoms with Crippen LogP contribution in [0.5, 0.6) is 0 Å². The molecule has 1 unspecified atom stereocenters. The van der Waals surface area contributed by atoms with Crippen molar-refractivity contribution < 1.29 is 9.90 Å². The van der Waals surface area contributed by atoms with Crippen molar-refractivity contribution in [1.82, 2.24) is 19.4 Å². The smallest absolute Gasteiger partial charge is 0.272 e. The molecule has 1 saturated heterocycles. The van der Waals surface area contributed by atoms with Crippen molar-refractivity contribution in [2.75, 3.05) is 32.8 Å². The van der Waals surface area contributed by atoms with Gasteiger partial charge in [-0.25, -0.2) is 4.98 Å². The van der Waals surface area contributed by atoms with Gasteiger partial charge in [0, 0.05) is 45.9 Å². The van der Waals surface area contributed by atoms with Gasteiger partial charge in [0.1, 0.15) is 5.69 Å². The van der Waals surface area contributed by atoms with Crippen LogP contribution in [0.2, 0.25) is 0 Å². The normalized spacial score (nSPS) is 20.2. The lowest BCUT2D eigenvalue weighted by Gasteiger charge is -2.42. The highest BCUT2D eigenvalue weighted by atomic mass is 16.3. The van der Waals surface area contributed by atoms with Gasteiger partial charge in [0.15, 0.2) is 0 Å². The zero-order valence-corrected chi connectivity index (χ0v) is 13.2. The number of aliphatic hydroxyl groups excluding tert-OH is 1. The lowest BCUT2D eigenvalue weighted by Crippen LogP contribution is -2.55. The van der Waals surface area contributed by atoms with Crippen molar-refractivity contribution in [1.29, 1.82) is 0 Å². The molecular formula is C15H26N4O2. The van der Waals surface area contributed by atoms with E-state index in [-0.39, 0.29) is 18.6 Å². The molecule has 1 aromatic heterocycles. The standard InChI is InChI=1S/C15H26N4O2/c1-12(2)9-18-5-6-19(10-13(18)4-7-20)15(21)14-8-16-11-17(14)3/h8,11-13,20H,4-7,9-10H2,1-3H3. The Balaban J connectivity index is 2.04. The summed E-state index contributed by atoms with van der Waals surface area (Å²) in [6.07, 6.45) is 3.97. The summed E-state index contributed by atoms with van der Waals surface area (Å²) in [5, 5.41) is 9.28. The second-order valence-corrected chi connectivity index (χ2v) is 6.20. The van der Waals surface area contributed by atoms with Crippen LogP contribution in [-0.4, -0.2) is 69.2 Å². The first kappa shape index (κ1) is 16.0. The Bertz CT molecular complexity index is 472. The van der Waals surface area contributed by atoms with Gasteiger partial charge in [-0.1, -0.05) is 13.8 Å². The van der Waals surface area contributed by atoms with E-state index in [0.717, 1.165) is 19.6 Å². The maximum atomic E-state index is 12.5. The third-order valence-corrected chi connectivity index (χ3v) is 3.99. The van der Waals surface area contributed by atoms with Gasteiger partial charge in [0.05, 0.1) is 12.5 Å². The summed E-state index contributed by atoms with van der Waals surface area (Å²) in [6.45, 7) is 7.85. The lowest BCUT2D eigenvalue weighted by molar-refractivity contribution is 0.0378. The third kappa shape index (κ3) is 3.83. The summed E-state index contributed by atoms with van der Waals surface area (Å²) >= 11 is 0. The molecule has 0 aliphatic carbocycles. The van der Waals surface area contributed by atoms with Crippen LogP contribution in [0.1, 0.15) is 30.8 Å². The molecule has 6 nitrogen and oxygen atoms in total. The average Bonchev–Trinajstić information content (AvgIpc) is 2.86. The number of carbonyl (C=O) groups excluding carboxylic acids is 1. The molecule has 118 valence electrons. The molecule has 2 heterocycles. The van der Waals surface area contributed by atoms with Gasteiger partial charge in [-0.3, -0.25) is 9.69 Å². The Morgan fingerprint density at radius 2 is 2.24 bits per heavy atom. The maximum Gasteiger partial charge on any atom is 0.272 e. The summed E-state index contributed by atoms with van der Waals surface area (Å²) in [5.41, 5.74) is 0.620. The number of aliphatic hydroxyl groups is 1. The zero-order chi connectivity index (χ0) is 15.4. The fourth-order valence-electron chi connectivity index (χ4n) is 2.93. The molecule has 0 bridgehead atoms. The van der Waals surface area contributed by atoms with E-state index < -0.39 is 0 Å². The van der Waals surface area contributed by atoms with Crippen molar-refractivity contribution in [3.8, 4) is 0 Å². The number of imidazole rings is 1. The van der Waals surface area contributed by atoms with Crippen molar-refractivity contribution >= 4 is 5.91 Å². The van der Waals surface area contributed by atoms with E-state index in [4.69, 9.17) is 0 Å². The molecule has 1 atom stereocenters. The maximum absolute atomic E-state index is 12.5. The lowest BCUT2D eigenvalue weighted by atomic mass is 10.1. The van der Waals surface area contributed by atoms with Gasteiger partial charge in [-0.2, -0.15) is 0 Å². The molecule has 2 rings (SSSR count). The summed E-state index contributed by atoms with van der Waals surface area (Å²) in [6, 6.07) is 0.239. The van der Waals surface area contributed by atoms with E-state index in [9.17, 15) is 9.90 Å². The first-order chi connectivity index (χ1) is 10.0. The Hall–Kier alpha value is -1.40. The van der Waals surface area contributed by atoms with E-state index in [0.29, 0.717) is 24.6 Å². The summed E-state index contributed by atoms with van der Waals surface area (Å²) < 4.78 is 1.75. The number of rotatable bonds is 5.